The first kappa shape index (κ1) is 31.3. The van der Waals surface area contributed by atoms with E-state index in [0.717, 1.165) is 17.1 Å². The summed E-state index contributed by atoms with van der Waals surface area (Å²) in [6.07, 6.45) is -5.68. The highest BCUT2D eigenvalue weighted by atomic mass is 32.1. The molecule has 1 N–H and O–H groups in total. The van der Waals surface area contributed by atoms with Crippen LogP contribution in [0.5, 0.6) is 0 Å². The molecular formula is C18H15F12N3O2S. The highest BCUT2D eigenvalue weighted by Gasteiger charge is 2.89. The summed E-state index contributed by atoms with van der Waals surface area (Å²) in [6.45, 7) is 4.33. The number of nitrogens with zero attached hydrogens (tertiary/aromatic N) is 2. The Balaban J connectivity index is 3.51. The minimum absolute atomic E-state index is 0.0755. The standard InChI is InChI=1S/C18H15F12N3O2S/c1-4-33(5-2)11(34)9-7(3)8(6-31)10(36-9)32-13(35)15(23,24)17(27,28)18(29,30)16(25,26)14(21,22)12(19)20/h12H,4-5H2,1-3H3,(H,32,35). The predicted octanol–water partition coefficient (Wildman–Crippen LogP) is 5.79. The number of hydrogen-bond donors (Lipinski definition) is 1. The fraction of sp³-hybridized carbons (Fsp3) is 0.611. The first-order valence-electron chi connectivity index (χ1n) is 9.43. The van der Waals surface area contributed by atoms with Crippen molar-refractivity contribution >= 4 is 28.2 Å². The van der Waals surface area contributed by atoms with E-state index in [1.165, 1.54) is 19.9 Å². The molecule has 1 rings (SSSR count). The fourth-order valence-electron chi connectivity index (χ4n) is 2.66. The van der Waals surface area contributed by atoms with E-state index in [9.17, 15) is 67.5 Å². The Kier molecular flexibility index (Phi) is 8.68. The van der Waals surface area contributed by atoms with E-state index in [-0.39, 0.29) is 34.9 Å². The van der Waals surface area contributed by atoms with Gasteiger partial charge in [-0.05, 0) is 26.3 Å². The zero-order valence-corrected chi connectivity index (χ0v) is 19.0. The number of carbonyl (C=O) groups excluding carboxylic acids is 2. The Bertz CT molecular complexity index is 1040. The summed E-state index contributed by atoms with van der Waals surface area (Å²) in [6, 6.07) is 1.34. The van der Waals surface area contributed by atoms with Crippen LogP contribution >= 0.6 is 11.3 Å². The molecular weight excluding hydrogens is 550 g/mol. The quantitative estimate of drug-likeness (QED) is 0.365. The summed E-state index contributed by atoms with van der Waals surface area (Å²) in [5.41, 5.74) is -1.01. The molecule has 0 aliphatic rings. The van der Waals surface area contributed by atoms with Gasteiger partial charge in [0.2, 0.25) is 0 Å². The maximum absolute atomic E-state index is 14.1. The number of anilines is 1. The van der Waals surface area contributed by atoms with Crippen molar-refractivity contribution in [3.8, 4) is 6.07 Å². The van der Waals surface area contributed by atoms with Crippen LogP contribution in [-0.4, -0.2) is 65.8 Å². The van der Waals surface area contributed by atoms with Gasteiger partial charge >= 0.3 is 41.9 Å². The topological polar surface area (TPSA) is 73.2 Å². The molecule has 0 bridgehead atoms. The molecule has 0 aliphatic carbocycles. The van der Waals surface area contributed by atoms with E-state index in [1.807, 2.05) is 0 Å². The van der Waals surface area contributed by atoms with Gasteiger partial charge in [-0.1, -0.05) is 0 Å². The van der Waals surface area contributed by atoms with Gasteiger partial charge in [0.15, 0.2) is 0 Å². The van der Waals surface area contributed by atoms with Crippen molar-refractivity contribution in [3.05, 3.63) is 16.0 Å². The molecule has 2 amide bonds. The summed E-state index contributed by atoms with van der Waals surface area (Å²) in [5, 5.41) is 9.04. The molecule has 0 atom stereocenters. The number of carbonyl (C=O) groups is 2. The number of halogens is 12. The molecule has 36 heavy (non-hydrogen) atoms. The minimum Gasteiger partial charge on any atom is -0.338 e. The molecule has 0 saturated carbocycles. The lowest BCUT2D eigenvalue weighted by atomic mass is 9.94. The highest BCUT2D eigenvalue weighted by molar-refractivity contribution is 7.18. The summed E-state index contributed by atoms with van der Waals surface area (Å²) in [4.78, 5) is 25.0. The Morgan fingerprint density at radius 1 is 0.944 bits per heavy atom. The molecule has 0 fully saturated rings. The van der Waals surface area contributed by atoms with Gasteiger partial charge in [0.05, 0.1) is 10.4 Å². The van der Waals surface area contributed by atoms with E-state index in [4.69, 9.17) is 0 Å². The second-order valence-electron chi connectivity index (χ2n) is 7.02. The Morgan fingerprint density at radius 2 is 1.42 bits per heavy atom. The van der Waals surface area contributed by atoms with Crippen LogP contribution < -0.4 is 5.32 Å². The number of nitriles is 1. The van der Waals surface area contributed by atoms with Crippen LogP contribution in [0.25, 0.3) is 0 Å². The normalized spacial score (nSPS) is 13.5. The van der Waals surface area contributed by atoms with Gasteiger partial charge in [-0.25, -0.2) is 8.78 Å². The third-order valence-corrected chi connectivity index (χ3v) is 6.09. The van der Waals surface area contributed by atoms with Crippen molar-refractivity contribution in [2.24, 2.45) is 0 Å². The largest absolute Gasteiger partial charge is 0.393 e. The van der Waals surface area contributed by atoms with Gasteiger partial charge in [0, 0.05) is 13.1 Å². The Hall–Kier alpha value is -2.71. The van der Waals surface area contributed by atoms with Crippen LogP contribution in [0, 0.1) is 18.3 Å². The van der Waals surface area contributed by atoms with Crippen LogP contribution in [0.1, 0.15) is 34.6 Å². The van der Waals surface area contributed by atoms with E-state index in [2.05, 4.69) is 0 Å². The molecule has 0 saturated heterocycles. The van der Waals surface area contributed by atoms with Gasteiger partial charge in [0.25, 0.3) is 5.91 Å². The van der Waals surface area contributed by atoms with Crippen molar-refractivity contribution in [3.63, 3.8) is 0 Å². The average molecular weight is 565 g/mol. The number of thiophene rings is 1. The lowest BCUT2D eigenvalue weighted by Crippen LogP contribution is -2.70. The SMILES string of the molecule is CCN(CC)C(=O)c1sc(NC(=O)C(F)(F)C(F)(F)C(F)(F)C(F)(F)C(F)(F)C(F)F)c(C#N)c1C. The van der Waals surface area contributed by atoms with Crippen molar-refractivity contribution in [2.75, 3.05) is 18.4 Å². The summed E-state index contributed by atoms with van der Waals surface area (Å²) in [5.74, 6) is -41.7. The number of nitrogens with one attached hydrogen (secondary N) is 1. The summed E-state index contributed by atoms with van der Waals surface area (Å²) in [7, 11) is 0. The van der Waals surface area contributed by atoms with Crippen LogP contribution in [0.15, 0.2) is 0 Å². The first-order valence-corrected chi connectivity index (χ1v) is 10.2. The molecule has 1 aromatic heterocycles. The van der Waals surface area contributed by atoms with E-state index in [0.29, 0.717) is 0 Å². The van der Waals surface area contributed by atoms with Gasteiger partial charge in [-0.3, -0.25) is 9.59 Å². The second kappa shape index (κ2) is 9.98. The van der Waals surface area contributed by atoms with Gasteiger partial charge in [-0.2, -0.15) is 49.2 Å². The maximum Gasteiger partial charge on any atom is 0.393 e. The van der Waals surface area contributed by atoms with Crippen LogP contribution in [0.3, 0.4) is 0 Å². The molecule has 1 heterocycles. The molecule has 18 heteroatoms. The minimum atomic E-state index is -7.88. The molecule has 0 unspecified atom stereocenters. The molecule has 0 spiro atoms. The lowest BCUT2D eigenvalue weighted by molar-refractivity contribution is -0.406. The first-order chi connectivity index (χ1) is 16.1. The summed E-state index contributed by atoms with van der Waals surface area (Å²) >= 11 is 0.0755. The Morgan fingerprint density at radius 3 is 1.81 bits per heavy atom. The van der Waals surface area contributed by atoms with Crippen molar-refractivity contribution in [1.82, 2.24) is 4.90 Å². The van der Waals surface area contributed by atoms with Gasteiger partial charge < -0.3 is 10.2 Å². The fourth-order valence-corrected chi connectivity index (χ4v) is 3.78. The van der Waals surface area contributed by atoms with E-state index < -0.39 is 58.4 Å². The van der Waals surface area contributed by atoms with Gasteiger partial charge in [-0.15, -0.1) is 11.3 Å². The van der Waals surface area contributed by atoms with Crippen LogP contribution in [0.4, 0.5) is 57.7 Å². The predicted molar refractivity (Wildman–Crippen MR) is 100 cm³/mol. The monoisotopic (exact) mass is 565 g/mol. The third kappa shape index (κ3) is 4.57. The molecule has 1 aromatic rings. The molecule has 204 valence electrons. The molecule has 5 nitrogen and oxygen atoms in total. The highest BCUT2D eigenvalue weighted by Crippen LogP contribution is 2.58. The van der Waals surface area contributed by atoms with Crippen molar-refractivity contribution < 1.29 is 62.3 Å². The van der Waals surface area contributed by atoms with E-state index >= 15 is 0 Å². The van der Waals surface area contributed by atoms with E-state index in [1.54, 1.807) is 0 Å². The smallest absolute Gasteiger partial charge is 0.338 e. The zero-order valence-electron chi connectivity index (χ0n) is 18.1. The summed E-state index contributed by atoms with van der Waals surface area (Å²) < 4.78 is 160. The molecule has 0 aromatic carbocycles. The van der Waals surface area contributed by atoms with Crippen LogP contribution in [-0.2, 0) is 4.79 Å². The molecule has 0 aliphatic heterocycles. The van der Waals surface area contributed by atoms with Crippen molar-refractivity contribution in [1.29, 1.82) is 5.26 Å². The Labute approximate surface area is 198 Å². The lowest BCUT2D eigenvalue weighted by Gasteiger charge is -2.38. The number of alkyl halides is 12. The average Bonchev–Trinajstić information content (AvgIpc) is 3.08. The zero-order chi connectivity index (χ0) is 28.7. The van der Waals surface area contributed by atoms with Crippen molar-refractivity contribution in [2.45, 2.75) is 56.8 Å². The number of hydrogen-bond acceptors (Lipinski definition) is 4. The maximum atomic E-state index is 14.1. The van der Waals surface area contributed by atoms with Crippen LogP contribution in [0.2, 0.25) is 0 Å². The third-order valence-electron chi connectivity index (χ3n) is 4.89. The number of rotatable bonds is 10. The molecule has 0 radical (unpaired) electrons. The number of amides is 2. The second-order valence-corrected chi connectivity index (χ2v) is 8.05. The van der Waals surface area contributed by atoms with Gasteiger partial charge in [0.1, 0.15) is 11.1 Å².